The summed E-state index contributed by atoms with van der Waals surface area (Å²) in [5.74, 6) is -8.39. The number of hydrogen-bond acceptors (Lipinski definition) is 5. The predicted octanol–water partition coefficient (Wildman–Crippen LogP) is 12.2. The Morgan fingerprint density at radius 2 is 1.11 bits per heavy atom. The minimum Gasteiger partial charge on any atom is -0.414 e. The van der Waals surface area contributed by atoms with Crippen molar-refractivity contribution in [3.8, 4) is 0 Å². The first-order valence-corrected chi connectivity index (χ1v) is 25.4. The van der Waals surface area contributed by atoms with Crippen molar-refractivity contribution in [1.82, 2.24) is 9.55 Å². The summed E-state index contributed by atoms with van der Waals surface area (Å²) >= 11 is 17.8. The van der Waals surface area contributed by atoms with Gasteiger partial charge >= 0.3 is 0 Å². The quantitative estimate of drug-likeness (QED) is 0.0990. The van der Waals surface area contributed by atoms with Crippen LogP contribution in [0.15, 0.2) is 67.3 Å². The molecule has 0 spiro atoms. The Bertz CT molecular complexity index is 2100. The summed E-state index contributed by atoms with van der Waals surface area (Å²) in [5.41, 5.74) is -0.566. The molecule has 0 fully saturated rings. The van der Waals surface area contributed by atoms with E-state index < -0.39 is 69.2 Å². The summed E-state index contributed by atoms with van der Waals surface area (Å²) in [6.07, 6.45) is 1.62. The Morgan fingerprint density at radius 3 is 1.51 bits per heavy atom. The van der Waals surface area contributed by atoms with Crippen molar-refractivity contribution >= 4 is 71.7 Å². The fraction of sp³-hybridized carbons (Fsp3) is 0.421. The number of pyridine rings is 2. The number of benzene rings is 2. The molecular weight excluding hydrogens is 965 g/mol. The van der Waals surface area contributed by atoms with Crippen molar-refractivity contribution in [2.24, 2.45) is 0 Å². The van der Waals surface area contributed by atoms with Crippen LogP contribution >= 0.6 is 55.1 Å². The Labute approximate surface area is 357 Å². The standard InChI is InChI=1S/C19H22BrClF3NO2Si.C14H21F3O2Si.C5H3BrClNO/c1-19(2,3)28(4,5)27-10-16(11-6-14(22)17(24)15(23)7-11)25-9-12(21)8-13(20)18(25)26;1-14(2,3)20(4,5)19-8-12(18)9-6-10(15)13(17)11(16)7-9;6-4-1-3(7)2-8-5(4)9/h6-9,16H,10H2,1-5H3;6-7,12,18H,8H2,1-5H3;1-2H,(H,8,9). The minimum atomic E-state index is -2.24. The Balaban J connectivity index is 0.000000334. The van der Waals surface area contributed by atoms with Crippen LogP contribution in [-0.2, 0) is 8.85 Å². The van der Waals surface area contributed by atoms with Gasteiger partial charge < -0.3 is 23.5 Å². The van der Waals surface area contributed by atoms with Gasteiger partial charge in [-0.25, -0.2) is 26.3 Å². The number of H-pyrrole nitrogens is 1. The SMILES string of the molecule is CC(C)(C)[Si](C)(C)OCC(O)c1cc(F)c(F)c(F)c1.CC(C)(C)[Si](C)(C)OCC(c1cc(F)c(F)c(F)c1)n1cc(Cl)cc(Br)c1=O.O=c1[nH]cc(Cl)cc1Br. The second kappa shape index (κ2) is 20.4. The first-order chi connectivity index (χ1) is 25.9. The van der Waals surface area contributed by atoms with E-state index in [-0.39, 0.29) is 49.5 Å². The van der Waals surface area contributed by atoms with Gasteiger partial charge in [-0.15, -0.1) is 0 Å². The lowest BCUT2D eigenvalue weighted by atomic mass is 10.1. The second-order valence-electron chi connectivity index (χ2n) is 16.0. The van der Waals surface area contributed by atoms with E-state index in [1.807, 2.05) is 67.7 Å². The van der Waals surface area contributed by atoms with Crippen LogP contribution in [0.5, 0.6) is 0 Å². The number of aliphatic hydroxyl groups is 1. The molecule has 19 heteroatoms. The lowest BCUT2D eigenvalue weighted by molar-refractivity contribution is 0.0996. The van der Waals surface area contributed by atoms with Crippen molar-refractivity contribution in [1.29, 1.82) is 0 Å². The zero-order valence-corrected chi connectivity index (χ0v) is 39.7. The highest BCUT2D eigenvalue weighted by molar-refractivity contribution is 9.10. The van der Waals surface area contributed by atoms with E-state index >= 15 is 0 Å². The summed E-state index contributed by atoms with van der Waals surface area (Å²) in [6.45, 7) is 20.2. The second-order valence-corrected chi connectivity index (χ2v) is 28.2. The molecule has 2 aromatic carbocycles. The Hall–Kier alpha value is -2.23. The highest BCUT2D eigenvalue weighted by atomic mass is 79.9. The van der Waals surface area contributed by atoms with Crippen molar-refractivity contribution in [2.45, 2.75) is 90.0 Å². The maximum Gasteiger partial charge on any atom is 0.265 e. The van der Waals surface area contributed by atoms with Gasteiger partial charge in [0.2, 0.25) is 0 Å². The zero-order chi connectivity index (χ0) is 44.0. The molecule has 316 valence electrons. The summed E-state index contributed by atoms with van der Waals surface area (Å²) in [5, 5.41) is 10.6. The van der Waals surface area contributed by atoms with Crippen LogP contribution in [0, 0.1) is 34.9 Å². The molecule has 57 heavy (non-hydrogen) atoms. The largest absolute Gasteiger partial charge is 0.414 e. The number of aromatic nitrogens is 2. The Morgan fingerprint density at radius 1 is 0.702 bits per heavy atom. The fourth-order valence-electron chi connectivity index (χ4n) is 4.17. The zero-order valence-electron chi connectivity index (χ0n) is 33.0. The average molecular weight is 1010 g/mol. The molecule has 4 aromatic rings. The molecular formula is C38H46Br2Cl2F6N2O5Si2. The van der Waals surface area contributed by atoms with E-state index in [2.05, 4.69) is 36.8 Å². The van der Waals surface area contributed by atoms with Gasteiger partial charge in [-0.3, -0.25) is 9.59 Å². The third-order valence-electron chi connectivity index (χ3n) is 9.72. The van der Waals surface area contributed by atoms with Crippen molar-refractivity contribution in [2.75, 3.05) is 13.2 Å². The van der Waals surface area contributed by atoms with Crippen molar-refractivity contribution in [3.63, 3.8) is 0 Å². The lowest BCUT2D eigenvalue weighted by Gasteiger charge is -2.37. The van der Waals surface area contributed by atoms with Gasteiger partial charge in [-0.05, 0) is 116 Å². The topological polar surface area (TPSA) is 93.5 Å². The number of aliphatic hydroxyl groups excluding tert-OH is 1. The predicted molar refractivity (Wildman–Crippen MR) is 225 cm³/mol. The molecule has 0 aliphatic carbocycles. The van der Waals surface area contributed by atoms with Crippen LogP contribution < -0.4 is 11.1 Å². The molecule has 0 aliphatic heterocycles. The minimum absolute atomic E-state index is 0.0201. The van der Waals surface area contributed by atoms with Crippen LogP contribution in [0.4, 0.5) is 26.3 Å². The van der Waals surface area contributed by atoms with Gasteiger partial charge in [0.25, 0.3) is 11.1 Å². The number of hydrogen-bond donors (Lipinski definition) is 2. The maximum absolute atomic E-state index is 13.9. The fourth-order valence-corrected chi connectivity index (χ4v) is 7.64. The third kappa shape index (κ3) is 14.2. The number of halogens is 10. The van der Waals surface area contributed by atoms with E-state index in [9.17, 15) is 41.0 Å². The lowest BCUT2D eigenvalue weighted by Crippen LogP contribution is -2.43. The number of aromatic amines is 1. The van der Waals surface area contributed by atoms with Crippen LogP contribution in [0.25, 0.3) is 0 Å². The Kier molecular flexibility index (Phi) is 18.2. The summed E-state index contributed by atoms with van der Waals surface area (Å²) in [4.78, 5) is 25.7. The molecule has 0 aliphatic rings. The molecule has 4 rings (SSSR count). The highest BCUT2D eigenvalue weighted by Gasteiger charge is 2.39. The van der Waals surface area contributed by atoms with Crippen LogP contribution in [-0.4, -0.2) is 44.5 Å². The van der Waals surface area contributed by atoms with Gasteiger partial charge in [-0.2, -0.15) is 0 Å². The van der Waals surface area contributed by atoms with E-state index in [4.69, 9.17) is 32.1 Å². The summed E-state index contributed by atoms with van der Waals surface area (Å²) in [7, 11) is -4.30. The summed E-state index contributed by atoms with van der Waals surface area (Å²) in [6, 6.07) is 5.41. The van der Waals surface area contributed by atoms with Gasteiger partial charge in [-0.1, -0.05) is 64.7 Å². The first-order valence-electron chi connectivity index (χ1n) is 17.3. The monoisotopic (exact) mass is 1010 g/mol. The van der Waals surface area contributed by atoms with E-state index in [1.54, 1.807) is 6.07 Å². The normalized spacial score (nSPS) is 13.3. The smallest absolute Gasteiger partial charge is 0.265 e. The van der Waals surface area contributed by atoms with Crippen LogP contribution in [0.3, 0.4) is 0 Å². The molecule has 0 radical (unpaired) electrons. The van der Waals surface area contributed by atoms with Crippen LogP contribution in [0.2, 0.25) is 46.3 Å². The van der Waals surface area contributed by atoms with Crippen molar-refractivity contribution < 1.29 is 40.3 Å². The summed E-state index contributed by atoms with van der Waals surface area (Å²) < 4.78 is 94.1. The molecule has 2 unspecified atom stereocenters. The van der Waals surface area contributed by atoms with Gasteiger partial charge in [0, 0.05) is 12.4 Å². The van der Waals surface area contributed by atoms with E-state index in [0.29, 0.717) is 9.50 Å². The third-order valence-corrected chi connectivity index (χ3v) is 20.3. The number of nitrogens with zero attached hydrogens (tertiary/aromatic N) is 1. The number of rotatable bonds is 9. The maximum atomic E-state index is 13.9. The first kappa shape index (κ1) is 50.9. The highest BCUT2D eigenvalue weighted by Crippen LogP contribution is 2.38. The molecule has 2 N–H and O–H groups in total. The van der Waals surface area contributed by atoms with Gasteiger partial charge in [0.15, 0.2) is 51.5 Å². The molecule has 2 atom stereocenters. The van der Waals surface area contributed by atoms with Crippen molar-refractivity contribution in [3.05, 3.63) is 135 Å². The molecule has 0 amide bonds. The van der Waals surface area contributed by atoms with Crippen LogP contribution in [0.1, 0.15) is 64.8 Å². The molecule has 0 saturated carbocycles. The average Bonchev–Trinajstić information content (AvgIpc) is 3.08. The number of nitrogens with one attached hydrogen (secondary N) is 1. The molecule has 2 aromatic heterocycles. The van der Waals surface area contributed by atoms with Gasteiger partial charge in [0.1, 0.15) is 6.10 Å². The molecule has 0 bridgehead atoms. The van der Waals surface area contributed by atoms with E-state index in [1.165, 1.54) is 23.0 Å². The van der Waals surface area contributed by atoms with Gasteiger partial charge in [0.05, 0.1) is 38.2 Å². The van der Waals surface area contributed by atoms with E-state index in [0.717, 1.165) is 24.3 Å². The molecule has 7 nitrogen and oxygen atoms in total. The molecule has 2 heterocycles. The molecule has 0 saturated heterocycles.